The molecular weight excluding hydrogens is 219 g/mol. The van der Waals surface area contributed by atoms with Crippen LogP contribution in [0.2, 0.25) is 0 Å². The number of aldehydes is 1. The summed E-state index contributed by atoms with van der Waals surface area (Å²) in [5.41, 5.74) is 0.258. The van der Waals surface area contributed by atoms with Gasteiger partial charge in [0.05, 0.1) is 17.2 Å². The van der Waals surface area contributed by atoms with Crippen molar-refractivity contribution in [2.75, 3.05) is 0 Å². The SMILES string of the molecule is O=CC1C=Nc2cc(C(F)(F)F)ccc2C1. The van der Waals surface area contributed by atoms with E-state index in [1.54, 1.807) is 0 Å². The number of carbonyl (C=O) groups is 1. The number of hydrogen-bond donors (Lipinski definition) is 0. The number of hydrogen-bond acceptors (Lipinski definition) is 2. The topological polar surface area (TPSA) is 29.4 Å². The fourth-order valence-corrected chi connectivity index (χ4v) is 1.60. The molecule has 1 heterocycles. The fourth-order valence-electron chi connectivity index (χ4n) is 1.60. The zero-order chi connectivity index (χ0) is 11.8. The van der Waals surface area contributed by atoms with Crippen molar-refractivity contribution in [3.63, 3.8) is 0 Å². The smallest absolute Gasteiger partial charge is 0.303 e. The summed E-state index contributed by atoms with van der Waals surface area (Å²) in [6, 6.07) is 3.40. The average Bonchev–Trinajstić information content (AvgIpc) is 2.26. The number of alkyl halides is 3. The van der Waals surface area contributed by atoms with Crippen molar-refractivity contribution in [3.05, 3.63) is 29.3 Å². The van der Waals surface area contributed by atoms with Gasteiger partial charge in [0.15, 0.2) is 0 Å². The van der Waals surface area contributed by atoms with Crippen LogP contribution in [0.5, 0.6) is 0 Å². The molecule has 0 fully saturated rings. The second kappa shape index (κ2) is 3.73. The van der Waals surface area contributed by atoms with E-state index in [-0.39, 0.29) is 5.92 Å². The molecule has 0 bridgehead atoms. The van der Waals surface area contributed by atoms with Gasteiger partial charge in [-0.1, -0.05) is 6.07 Å². The maximum absolute atomic E-state index is 12.4. The highest BCUT2D eigenvalue weighted by molar-refractivity contribution is 5.85. The van der Waals surface area contributed by atoms with E-state index in [1.807, 2.05) is 0 Å². The van der Waals surface area contributed by atoms with Gasteiger partial charge in [-0.15, -0.1) is 0 Å². The molecule has 0 amide bonds. The van der Waals surface area contributed by atoms with Crippen LogP contribution in [0.15, 0.2) is 23.2 Å². The number of fused-ring (bicyclic) bond motifs is 1. The molecule has 0 aliphatic carbocycles. The van der Waals surface area contributed by atoms with Crippen molar-refractivity contribution in [2.45, 2.75) is 12.6 Å². The summed E-state index contributed by atoms with van der Waals surface area (Å²) in [7, 11) is 0. The maximum atomic E-state index is 12.4. The summed E-state index contributed by atoms with van der Waals surface area (Å²) in [4.78, 5) is 14.4. The highest BCUT2D eigenvalue weighted by Crippen LogP contribution is 2.34. The Hall–Kier alpha value is -1.65. The van der Waals surface area contributed by atoms with Crippen LogP contribution >= 0.6 is 0 Å². The summed E-state index contributed by atoms with van der Waals surface area (Å²) < 4.78 is 37.2. The highest BCUT2D eigenvalue weighted by atomic mass is 19.4. The molecule has 0 N–H and O–H groups in total. The van der Waals surface area contributed by atoms with Crippen LogP contribution in [0.1, 0.15) is 11.1 Å². The number of rotatable bonds is 1. The Morgan fingerprint density at radius 2 is 2.12 bits per heavy atom. The summed E-state index contributed by atoms with van der Waals surface area (Å²) in [5, 5.41) is 0. The van der Waals surface area contributed by atoms with E-state index >= 15 is 0 Å². The van der Waals surface area contributed by atoms with Gasteiger partial charge in [-0.3, -0.25) is 4.99 Å². The predicted octanol–water partition coefficient (Wildman–Crippen LogP) is 2.78. The second-order valence-electron chi connectivity index (χ2n) is 3.62. The normalized spacial score (nSPS) is 19.3. The molecule has 1 aromatic rings. The van der Waals surface area contributed by atoms with Gasteiger partial charge in [-0.05, 0) is 24.1 Å². The summed E-state index contributed by atoms with van der Waals surface area (Å²) in [5.74, 6) is -0.329. The van der Waals surface area contributed by atoms with Crippen LogP contribution < -0.4 is 0 Å². The first-order valence-corrected chi connectivity index (χ1v) is 4.70. The zero-order valence-corrected chi connectivity index (χ0v) is 8.16. The lowest BCUT2D eigenvalue weighted by Crippen LogP contribution is -2.12. The maximum Gasteiger partial charge on any atom is 0.416 e. The van der Waals surface area contributed by atoms with Crippen molar-refractivity contribution < 1.29 is 18.0 Å². The monoisotopic (exact) mass is 227 g/mol. The Bertz CT molecular complexity index is 451. The molecule has 1 aliphatic heterocycles. The van der Waals surface area contributed by atoms with Crippen LogP contribution in [0.4, 0.5) is 18.9 Å². The highest BCUT2D eigenvalue weighted by Gasteiger charge is 2.31. The second-order valence-corrected chi connectivity index (χ2v) is 3.62. The molecule has 84 valence electrons. The average molecular weight is 227 g/mol. The van der Waals surface area contributed by atoms with E-state index in [4.69, 9.17) is 0 Å². The van der Waals surface area contributed by atoms with Crippen molar-refractivity contribution in [1.29, 1.82) is 0 Å². The first-order valence-electron chi connectivity index (χ1n) is 4.70. The van der Waals surface area contributed by atoms with E-state index in [0.717, 1.165) is 18.4 Å². The lowest BCUT2D eigenvalue weighted by Gasteiger charge is -2.15. The van der Waals surface area contributed by atoms with Gasteiger partial charge in [-0.2, -0.15) is 13.2 Å². The first-order chi connectivity index (χ1) is 7.50. The van der Waals surface area contributed by atoms with E-state index in [0.29, 0.717) is 17.7 Å². The lowest BCUT2D eigenvalue weighted by molar-refractivity contribution is -0.137. The Kier molecular flexibility index (Phi) is 2.53. The van der Waals surface area contributed by atoms with Gasteiger partial charge in [0.1, 0.15) is 6.29 Å². The molecule has 0 spiro atoms. The number of halogens is 3. The molecule has 0 saturated carbocycles. The molecule has 2 rings (SSSR count). The van der Waals surface area contributed by atoms with Gasteiger partial charge in [0.2, 0.25) is 0 Å². The van der Waals surface area contributed by atoms with Crippen molar-refractivity contribution in [3.8, 4) is 0 Å². The van der Waals surface area contributed by atoms with Gasteiger partial charge < -0.3 is 4.79 Å². The minimum absolute atomic E-state index is 0.299. The third-order valence-electron chi connectivity index (χ3n) is 2.45. The number of carbonyl (C=O) groups excluding carboxylic acids is 1. The largest absolute Gasteiger partial charge is 0.416 e. The summed E-state index contributed by atoms with van der Waals surface area (Å²) in [6.45, 7) is 0. The fraction of sp³-hybridized carbons (Fsp3) is 0.273. The molecule has 1 aromatic carbocycles. The molecule has 5 heteroatoms. The van der Waals surface area contributed by atoms with Crippen LogP contribution in [0.3, 0.4) is 0 Å². The molecule has 2 nitrogen and oxygen atoms in total. The number of aliphatic imine (C=N–C) groups is 1. The molecule has 0 saturated heterocycles. The molecule has 16 heavy (non-hydrogen) atoms. The zero-order valence-electron chi connectivity index (χ0n) is 8.16. The van der Waals surface area contributed by atoms with E-state index < -0.39 is 11.7 Å². The summed E-state index contributed by atoms with van der Waals surface area (Å²) >= 11 is 0. The lowest BCUT2D eigenvalue weighted by atomic mass is 9.96. The molecule has 1 unspecified atom stereocenters. The molecule has 1 atom stereocenters. The van der Waals surface area contributed by atoms with Crippen LogP contribution in [-0.2, 0) is 17.4 Å². The van der Waals surface area contributed by atoms with Crippen LogP contribution in [0, 0.1) is 5.92 Å². The van der Waals surface area contributed by atoms with Crippen molar-refractivity contribution in [2.24, 2.45) is 10.9 Å². The van der Waals surface area contributed by atoms with E-state index in [1.165, 1.54) is 12.3 Å². The van der Waals surface area contributed by atoms with Crippen molar-refractivity contribution >= 4 is 18.2 Å². The third-order valence-corrected chi connectivity index (χ3v) is 2.45. The van der Waals surface area contributed by atoms with E-state index in [9.17, 15) is 18.0 Å². The Morgan fingerprint density at radius 1 is 1.38 bits per heavy atom. The minimum atomic E-state index is -4.36. The van der Waals surface area contributed by atoms with Gasteiger partial charge in [-0.25, -0.2) is 0 Å². The minimum Gasteiger partial charge on any atom is -0.303 e. The first kappa shape index (κ1) is 10.9. The van der Waals surface area contributed by atoms with E-state index in [2.05, 4.69) is 4.99 Å². The van der Waals surface area contributed by atoms with Crippen LogP contribution in [-0.4, -0.2) is 12.5 Å². The third kappa shape index (κ3) is 1.98. The summed E-state index contributed by atoms with van der Waals surface area (Å²) in [6.07, 6.45) is -1.81. The molecular formula is C11H8F3NO. The Morgan fingerprint density at radius 3 is 2.75 bits per heavy atom. The predicted molar refractivity (Wildman–Crippen MR) is 52.9 cm³/mol. The van der Waals surface area contributed by atoms with Gasteiger partial charge >= 0.3 is 6.18 Å². The quantitative estimate of drug-likeness (QED) is 0.678. The number of nitrogens with zero attached hydrogens (tertiary/aromatic N) is 1. The van der Waals surface area contributed by atoms with Gasteiger partial charge in [0, 0.05) is 6.21 Å². The van der Waals surface area contributed by atoms with Gasteiger partial charge in [0.25, 0.3) is 0 Å². The Balaban J connectivity index is 2.38. The number of benzene rings is 1. The molecule has 0 aromatic heterocycles. The van der Waals surface area contributed by atoms with Crippen LogP contribution in [0.25, 0.3) is 0 Å². The molecule has 0 radical (unpaired) electrons. The van der Waals surface area contributed by atoms with Crippen molar-refractivity contribution in [1.82, 2.24) is 0 Å². The standard InChI is InChI=1S/C11H8F3NO/c12-11(13,14)9-2-1-8-3-7(6-16)5-15-10(8)4-9/h1-2,4-7H,3H2. The molecule has 1 aliphatic rings. The Labute approximate surface area is 89.8 Å².